The Hall–Kier alpha value is -1.19. The maximum atomic E-state index is 11.7. The van der Waals surface area contributed by atoms with E-state index in [0.717, 1.165) is 15.8 Å². The minimum absolute atomic E-state index is 0.246. The molecule has 9 heteroatoms. The van der Waals surface area contributed by atoms with Crippen LogP contribution in [-0.4, -0.2) is 27.2 Å². The lowest BCUT2D eigenvalue weighted by Gasteiger charge is -2.13. The van der Waals surface area contributed by atoms with Crippen LogP contribution in [0.4, 0.5) is 0 Å². The van der Waals surface area contributed by atoms with E-state index in [2.05, 4.69) is 29.8 Å². The van der Waals surface area contributed by atoms with Crippen LogP contribution in [0.2, 0.25) is 0 Å². The van der Waals surface area contributed by atoms with E-state index < -0.39 is 16.2 Å². The van der Waals surface area contributed by atoms with Gasteiger partial charge in [0.25, 0.3) is 0 Å². The number of nitrogens with zero attached hydrogens (tertiary/aromatic N) is 1. The predicted octanol–water partition coefficient (Wildman–Crippen LogP) is 1.88. The minimum Gasteiger partial charge on any atom is -0.464 e. The quantitative estimate of drug-likeness (QED) is 0.813. The summed E-state index contributed by atoms with van der Waals surface area (Å²) in [5.41, 5.74) is 0.0645. The second kappa shape index (κ2) is 5.66. The molecule has 1 aromatic rings. The van der Waals surface area contributed by atoms with E-state index in [9.17, 15) is 13.2 Å². The molecule has 1 aromatic heterocycles. The Morgan fingerprint density at radius 2 is 2.25 bits per heavy atom. The molecule has 2 rings (SSSR count). The van der Waals surface area contributed by atoms with Crippen molar-refractivity contribution >= 4 is 54.9 Å². The molecule has 2 heterocycles. The van der Waals surface area contributed by atoms with Crippen molar-refractivity contribution in [2.45, 2.75) is 13.3 Å². The zero-order valence-corrected chi connectivity index (χ0v) is 13.9. The van der Waals surface area contributed by atoms with Crippen molar-refractivity contribution < 1.29 is 17.9 Å². The zero-order chi connectivity index (χ0) is 14.9. The molecule has 0 unspecified atom stereocenters. The van der Waals surface area contributed by atoms with Gasteiger partial charge >= 0.3 is 16.2 Å². The molecule has 0 amide bonds. The van der Waals surface area contributed by atoms with Crippen LogP contribution >= 0.6 is 27.3 Å². The summed E-state index contributed by atoms with van der Waals surface area (Å²) in [6.07, 6.45) is 2.19. The third-order valence-electron chi connectivity index (χ3n) is 2.48. The van der Waals surface area contributed by atoms with Gasteiger partial charge in [-0.2, -0.15) is 8.42 Å². The maximum Gasteiger partial charge on any atom is 0.357 e. The van der Waals surface area contributed by atoms with Gasteiger partial charge in [-0.3, -0.25) is 4.72 Å². The number of hydrogen-bond acceptors (Lipinski definition) is 5. The van der Waals surface area contributed by atoms with Gasteiger partial charge in [-0.05, 0) is 34.5 Å². The van der Waals surface area contributed by atoms with Gasteiger partial charge in [0.2, 0.25) is 0 Å². The number of hydrogen-bond donors (Lipinski definition) is 1. The van der Waals surface area contributed by atoms with Crippen LogP contribution in [0.5, 0.6) is 0 Å². The summed E-state index contributed by atoms with van der Waals surface area (Å²) in [4.78, 5) is 13.3. The normalized spacial score (nSPS) is 16.9. The monoisotopic (exact) mass is 378 g/mol. The molecule has 0 aliphatic carbocycles. The fourth-order valence-electron chi connectivity index (χ4n) is 1.59. The van der Waals surface area contributed by atoms with Crippen molar-refractivity contribution in [3.05, 3.63) is 26.4 Å². The third-order valence-corrected chi connectivity index (χ3v) is 5.67. The van der Waals surface area contributed by atoms with E-state index in [1.54, 1.807) is 6.07 Å². The first-order chi connectivity index (χ1) is 9.36. The molecule has 0 saturated carbocycles. The van der Waals surface area contributed by atoms with Crippen molar-refractivity contribution in [2.24, 2.45) is 4.40 Å². The largest absolute Gasteiger partial charge is 0.464 e. The van der Waals surface area contributed by atoms with Crippen LogP contribution in [-0.2, 0) is 26.2 Å². The second-order valence-electron chi connectivity index (χ2n) is 3.84. The number of methoxy groups -OCH3 is 1. The van der Waals surface area contributed by atoms with Crippen LogP contribution in [0, 0.1) is 0 Å². The topological polar surface area (TPSA) is 84.8 Å². The average Bonchev–Trinajstić information content (AvgIpc) is 2.77. The summed E-state index contributed by atoms with van der Waals surface area (Å²) in [6, 6.07) is 1.80. The fourth-order valence-corrected chi connectivity index (χ4v) is 4.40. The van der Waals surface area contributed by atoms with E-state index in [0.29, 0.717) is 10.6 Å². The molecule has 0 spiro atoms. The maximum absolute atomic E-state index is 11.7. The van der Waals surface area contributed by atoms with E-state index in [1.165, 1.54) is 24.5 Å². The molecule has 1 aliphatic heterocycles. The van der Waals surface area contributed by atoms with Gasteiger partial charge in [0.05, 0.1) is 17.7 Å². The molecule has 0 fully saturated rings. The molecule has 1 N–H and O–H groups in total. The molecule has 0 bridgehead atoms. The highest BCUT2D eigenvalue weighted by Gasteiger charge is 2.24. The number of carbonyl (C=O) groups excluding carboxylic acids is 1. The van der Waals surface area contributed by atoms with Crippen LogP contribution in [0.25, 0.3) is 5.70 Å². The van der Waals surface area contributed by atoms with E-state index in [4.69, 9.17) is 0 Å². The Morgan fingerprint density at radius 1 is 1.55 bits per heavy atom. The predicted molar refractivity (Wildman–Crippen MR) is 80.9 cm³/mol. The highest BCUT2D eigenvalue weighted by molar-refractivity contribution is 9.10. The number of thiophene rings is 1. The molecule has 0 saturated heterocycles. The van der Waals surface area contributed by atoms with E-state index in [1.807, 2.05) is 6.92 Å². The van der Waals surface area contributed by atoms with Crippen molar-refractivity contribution in [1.82, 2.24) is 4.72 Å². The Bertz CT molecular complexity index is 719. The van der Waals surface area contributed by atoms with Crippen molar-refractivity contribution in [3.63, 3.8) is 0 Å². The molecule has 20 heavy (non-hydrogen) atoms. The van der Waals surface area contributed by atoms with Gasteiger partial charge in [-0.25, -0.2) is 4.79 Å². The van der Waals surface area contributed by atoms with Gasteiger partial charge in [0, 0.05) is 9.35 Å². The van der Waals surface area contributed by atoms with Gasteiger partial charge in [-0.15, -0.1) is 15.7 Å². The average molecular weight is 379 g/mol. The van der Waals surface area contributed by atoms with Gasteiger partial charge < -0.3 is 4.74 Å². The molecule has 0 atom stereocenters. The number of aryl methyl sites for hydroxylation is 1. The van der Waals surface area contributed by atoms with Crippen molar-refractivity contribution in [2.75, 3.05) is 7.11 Å². The standard InChI is InChI=1S/C11H11BrN2O4S2/c1-3-9-6(12)4-10(19-9)7-5-8(11(15)18-2)14-20(16,17)13-7/h4-5,13H,3H2,1-2H3. The summed E-state index contributed by atoms with van der Waals surface area (Å²) < 4.78 is 34.4. The Kier molecular flexibility index (Phi) is 4.31. The first-order valence-electron chi connectivity index (χ1n) is 5.57. The van der Waals surface area contributed by atoms with Gasteiger partial charge in [-0.1, -0.05) is 6.92 Å². The van der Waals surface area contributed by atoms with E-state index >= 15 is 0 Å². The first kappa shape index (κ1) is 15.2. The minimum atomic E-state index is -3.93. The summed E-state index contributed by atoms with van der Waals surface area (Å²) in [5, 5.41) is 0. The molecule has 0 radical (unpaired) electrons. The number of halogens is 1. The molecular weight excluding hydrogens is 368 g/mol. The SMILES string of the molecule is CCc1sc(C2=CC(C(=O)OC)=NS(=O)(=O)N2)cc1Br. The number of carbonyl (C=O) groups is 1. The Labute approximate surface area is 128 Å². The van der Waals surface area contributed by atoms with Crippen molar-refractivity contribution in [3.8, 4) is 0 Å². The molecular formula is C11H11BrN2O4S2. The zero-order valence-electron chi connectivity index (χ0n) is 10.6. The van der Waals surface area contributed by atoms with Crippen LogP contribution in [0.15, 0.2) is 21.0 Å². The smallest absolute Gasteiger partial charge is 0.357 e. The number of nitrogens with one attached hydrogen (secondary N) is 1. The molecule has 0 aromatic carbocycles. The van der Waals surface area contributed by atoms with Crippen LogP contribution in [0.1, 0.15) is 16.7 Å². The summed E-state index contributed by atoms with van der Waals surface area (Å²) >= 11 is 4.85. The van der Waals surface area contributed by atoms with Crippen molar-refractivity contribution in [1.29, 1.82) is 0 Å². The van der Waals surface area contributed by atoms with E-state index in [-0.39, 0.29) is 5.71 Å². The molecule has 6 nitrogen and oxygen atoms in total. The van der Waals surface area contributed by atoms with Gasteiger partial charge in [0.15, 0.2) is 5.71 Å². The van der Waals surface area contributed by atoms with Crippen LogP contribution in [0.3, 0.4) is 0 Å². The number of esters is 1. The summed E-state index contributed by atoms with van der Waals surface area (Å²) in [7, 11) is -2.76. The first-order valence-corrected chi connectivity index (χ1v) is 8.62. The second-order valence-corrected chi connectivity index (χ2v) is 7.17. The number of rotatable bonds is 3. The van der Waals surface area contributed by atoms with Crippen LogP contribution < -0.4 is 4.72 Å². The summed E-state index contributed by atoms with van der Waals surface area (Å²) in [6.45, 7) is 2.00. The lowest BCUT2D eigenvalue weighted by Crippen LogP contribution is -2.29. The fraction of sp³-hybridized carbons (Fsp3) is 0.273. The third kappa shape index (κ3) is 3.10. The number of ether oxygens (including phenoxy) is 1. The molecule has 1 aliphatic rings. The Balaban J connectivity index is 2.48. The summed E-state index contributed by atoms with van der Waals surface area (Å²) in [5.74, 6) is -0.793. The highest BCUT2D eigenvalue weighted by Crippen LogP contribution is 2.32. The molecule has 108 valence electrons. The van der Waals surface area contributed by atoms with Gasteiger partial charge in [0.1, 0.15) is 0 Å². The highest BCUT2D eigenvalue weighted by atomic mass is 79.9. The lowest BCUT2D eigenvalue weighted by atomic mass is 10.2. The lowest BCUT2D eigenvalue weighted by molar-refractivity contribution is -0.132. The Morgan fingerprint density at radius 3 is 2.80 bits per heavy atom.